The molecule has 1 aliphatic rings. The number of carbonyl (C=O) groups is 4. The van der Waals surface area contributed by atoms with Crippen molar-refractivity contribution in [3.8, 4) is 0 Å². The fourth-order valence-corrected chi connectivity index (χ4v) is 3.30. The third-order valence-electron chi connectivity index (χ3n) is 3.66. The van der Waals surface area contributed by atoms with Crippen molar-refractivity contribution in [2.75, 3.05) is 7.11 Å². The molecule has 1 N–H and O–H groups in total. The second-order valence-electron chi connectivity index (χ2n) is 5.21. The molecule has 1 saturated heterocycles. The molecule has 0 aromatic heterocycles. The minimum absolute atomic E-state index is 0. The molecule has 11 nitrogen and oxygen atoms in total. The molecule has 1 heterocycles. The van der Waals surface area contributed by atoms with Gasteiger partial charge in [0.15, 0.2) is 16.3 Å². The zero-order valence-electron chi connectivity index (χ0n) is 15.1. The van der Waals surface area contributed by atoms with Gasteiger partial charge in [0.05, 0.1) is 13.1 Å². The summed E-state index contributed by atoms with van der Waals surface area (Å²) < 4.78 is 37.3. The van der Waals surface area contributed by atoms with E-state index in [-0.39, 0.29) is 69.0 Å². The van der Waals surface area contributed by atoms with E-state index in [1.807, 2.05) is 5.32 Å². The maximum Gasteiger partial charge on any atom is 1.00 e. The molecule has 0 radical (unpaired) electrons. The van der Waals surface area contributed by atoms with Crippen molar-refractivity contribution in [1.29, 1.82) is 0 Å². The van der Waals surface area contributed by atoms with E-state index in [1.165, 1.54) is 24.3 Å². The summed E-state index contributed by atoms with van der Waals surface area (Å²) in [6.45, 7) is 0. The monoisotopic (exact) mass is 430 g/mol. The molecule has 3 atom stereocenters. The number of rotatable bonds is 6. The number of β-lactam (4-membered cyclic amide) rings is 1. The van der Waals surface area contributed by atoms with Crippen LogP contribution in [0.15, 0.2) is 30.3 Å². The fraction of sp³-hybridized carbons (Fsp3) is 0.286. The molecule has 1 unspecified atom stereocenters. The van der Waals surface area contributed by atoms with Gasteiger partial charge in [0.1, 0.15) is 12.0 Å². The number of benzene rings is 1. The number of hydrogen-bond donors (Lipinski definition) is 1. The molecular weight excluding hydrogens is 418 g/mol. The SMILES string of the molecule is COC(=O)[C@H]1[C@@H](NC(=O)C(C(=O)[O-])c2ccccc2)C(=O)N1S(=O)(=O)[O-].[Na+].[Na+]. The Balaban J connectivity index is 0.00000364. The molecule has 0 aliphatic carbocycles. The van der Waals surface area contributed by atoms with Crippen LogP contribution in [-0.4, -0.2) is 60.2 Å². The number of nitrogens with one attached hydrogen (secondary N) is 1. The van der Waals surface area contributed by atoms with Crippen LogP contribution in [0, 0.1) is 0 Å². The van der Waals surface area contributed by atoms with E-state index in [0.29, 0.717) is 0 Å². The van der Waals surface area contributed by atoms with Crippen molar-refractivity contribution < 1.29 is 101 Å². The number of nitrogens with zero attached hydrogens (tertiary/aromatic N) is 1. The van der Waals surface area contributed by atoms with Crippen molar-refractivity contribution >= 4 is 34.1 Å². The average molecular weight is 430 g/mol. The zero-order valence-corrected chi connectivity index (χ0v) is 20.0. The van der Waals surface area contributed by atoms with Gasteiger partial charge >= 0.3 is 65.1 Å². The summed E-state index contributed by atoms with van der Waals surface area (Å²) in [7, 11) is -4.44. The number of methoxy groups -OCH3 is 1. The number of amides is 2. The number of esters is 1. The average Bonchev–Trinajstić information content (AvgIpc) is 2.56. The predicted molar refractivity (Wildman–Crippen MR) is 78.5 cm³/mol. The maximum atomic E-state index is 12.3. The summed E-state index contributed by atoms with van der Waals surface area (Å²) in [6, 6.07) is 3.49. The van der Waals surface area contributed by atoms with E-state index < -0.39 is 52.1 Å². The minimum atomic E-state index is -5.32. The molecule has 1 fully saturated rings. The van der Waals surface area contributed by atoms with Gasteiger partial charge in [-0.15, -0.1) is 0 Å². The van der Waals surface area contributed by atoms with E-state index >= 15 is 0 Å². The number of carboxylic acid groups (broad SMARTS) is 1. The summed E-state index contributed by atoms with van der Waals surface area (Å²) in [5.41, 5.74) is 0.0414. The summed E-state index contributed by atoms with van der Waals surface area (Å²) in [6.07, 6.45) is 0. The van der Waals surface area contributed by atoms with Crippen molar-refractivity contribution in [3.05, 3.63) is 35.9 Å². The summed E-state index contributed by atoms with van der Waals surface area (Å²) in [5, 5.41) is 13.3. The van der Waals surface area contributed by atoms with E-state index in [9.17, 15) is 37.3 Å². The van der Waals surface area contributed by atoms with Crippen LogP contribution in [0.4, 0.5) is 0 Å². The quantitative estimate of drug-likeness (QED) is 0.151. The number of aliphatic carboxylic acids is 1. The van der Waals surface area contributed by atoms with E-state index in [0.717, 1.165) is 7.11 Å². The molecule has 14 heteroatoms. The Bertz CT molecular complexity index is 863. The van der Waals surface area contributed by atoms with Crippen molar-refractivity contribution in [2.24, 2.45) is 0 Å². The van der Waals surface area contributed by atoms with Gasteiger partial charge in [-0.25, -0.2) is 17.5 Å². The number of ether oxygens (including phenoxy) is 1. The minimum Gasteiger partial charge on any atom is -0.731 e. The molecular formula is C14H12N2Na2O9S. The topological polar surface area (TPSA) is 173 Å². The Labute approximate surface area is 204 Å². The van der Waals surface area contributed by atoms with Crippen LogP contribution in [0.25, 0.3) is 0 Å². The first-order valence-electron chi connectivity index (χ1n) is 7.02. The largest absolute Gasteiger partial charge is 1.00 e. The number of hydrogen-bond acceptors (Lipinski definition) is 9. The molecule has 2 rings (SSSR count). The van der Waals surface area contributed by atoms with Gasteiger partial charge < -0.3 is 24.5 Å². The first-order valence-corrected chi connectivity index (χ1v) is 8.39. The van der Waals surface area contributed by atoms with Crippen LogP contribution in [-0.2, 0) is 34.2 Å². The summed E-state index contributed by atoms with van der Waals surface area (Å²) >= 11 is 0. The Morgan fingerprint density at radius 2 is 1.71 bits per heavy atom. The van der Waals surface area contributed by atoms with Crippen LogP contribution in [0.3, 0.4) is 0 Å². The van der Waals surface area contributed by atoms with Crippen LogP contribution >= 0.6 is 0 Å². The second kappa shape index (κ2) is 10.7. The summed E-state index contributed by atoms with van der Waals surface area (Å²) in [5.74, 6) is -7.46. The Morgan fingerprint density at radius 1 is 1.18 bits per heavy atom. The van der Waals surface area contributed by atoms with Crippen molar-refractivity contribution in [1.82, 2.24) is 9.62 Å². The number of carbonyl (C=O) groups excluding carboxylic acids is 4. The Hall–Kier alpha value is -0.990. The van der Waals surface area contributed by atoms with Gasteiger partial charge in [0.2, 0.25) is 5.91 Å². The zero-order chi connectivity index (χ0) is 19.6. The molecule has 2 amide bonds. The van der Waals surface area contributed by atoms with Crippen LogP contribution in [0.1, 0.15) is 11.5 Å². The normalized spacial score (nSPS) is 19.2. The van der Waals surface area contributed by atoms with E-state index in [2.05, 4.69) is 4.74 Å². The van der Waals surface area contributed by atoms with Gasteiger partial charge in [0, 0.05) is 0 Å². The Morgan fingerprint density at radius 3 is 2.14 bits per heavy atom. The first kappa shape index (κ1) is 27.0. The van der Waals surface area contributed by atoms with E-state index in [4.69, 9.17) is 0 Å². The molecule has 0 saturated carbocycles. The van der Waals surface area contributed by atoms with E-state index in [1.54, 1.807) is 6.07 Å². The summed E-state index contributed by atoms with van der Waals surface area (Å²) in [4.78, 5) is 47.1. The molecule has 28 heavy (non-hydrogen) atoms. The van der Waals surface area contributed by atoms with Gasteiger partial charge in [-0.2, -0.15) is 0 Å². The van der Waals surface area contributed by atoms with Crippen molar-refractivity contribution in [2.45, 2.75) is 18.0 Å². The third-order valence-corrected chi connectivity index (χ3v) is 4.55. The van der Waals surface area contributed by atoms with Crippen molar-refractivity contribution in [3.63, 3.8) is 0 Å². The van der Waals surface area contributed by atoms with Crippen LogP contribution in [0.5, 0.6) is 0 Å². The van der Waals surface area contributed by atoms with Gasteiger partial charge in [-0.3, -0.25) is 9.59 Å². The van der Waals surface area contributed by atoms with Gasteiger partial charge in [-0.1, -0.05) is 30.3 Å². The molecule has 0 bridgehead atoms. The number of carboxylic acids is 1. The first-order chi connectivity index (χ1) is 12.1. The molecule has 0 spiro atoms. The smallest absolute Gasteiger partial charge is 0.731 e. The standard InChI is InChI=1S/C14H14N2O9S.2Na/c1-25-14(21)10-9(12(18)16(10)26(22,23)24)15-11(17)8(13(19)20)7-5-3-2-4-6-7;;/h2-6,8-10H,1H3,(H,15,17)(H,19,20)(H,22,23,24);;/q;2*+1/p-2/t8?,9-,10-;;/m1../s1. The fourth-order valence-electron chi connectivity index (χ4n) is 2.48. The molecule has 1 aromatic carbocycles. The van der Waals surface area contributed by atoms with Crippen LogP contribution < -0.4 is 69.5 Å². The predicted octanol–water partition coefficient (Wildman–Crippen LogP) is -9.14. The van der Waals surface area contributed by atoms with Crippen LogP contribution in [0.2, 0.25) is 0 Å². The Kier molecular flexibility index (Phi) is 10.3. The molecule has 1 aromatic rings. The second-order valence-corrected chi connectivity index (χ2v) is 6.46. The molecule has 1 aliphatic heterocycles. The van der Waals surface area contributed by atoms with Gasteiger partial charge in [0.25, 0.3) is 5.91 Å². The van der Waals surface area contributed by atoms with Gasteiger partial charge in [-0.05, 0) is 5.56 Å². The third kappa shape index (κ3) is 5.54. The molecule has 140 valence electrons. The maximum absolute atomic E-state index is 12.3.